The number of benzene rings is 2. The van der Waals surface area contributed by atoms with Gasteiger partial charge in [0.25, 0.3) is 0 Å². The maximum absolute atomic E-state index is 12.5. The van der Waals surface area contributed by atoms with Crippen LogP contribution in [0, 0.1) is 0 Å². The zero-order valence-electron chi connectivity index (χ0n) is 18.5. The first-order valence-corrected chi connectivity index (χ1v) is 10.7. The molecule has 0 aliphatic heterocycles. The Morgan fingerprint density at radius 2 is 1.81 bits per heavy atom. The van der Waals surface area contributed by atoms with Crippen LogP contribution in [0.4, 0.5) is 0 Å². The topological polar surface area (TPSA) is 98.6 Å². The lowest BCUT2D eigenvalue weighted by Gasteiger charge is -2.12. The second-order valence-electron chi connectivity index (χ2n) is 7.48. The van der Waals surface area contributed by atoms with Crippen LogP contribution in [0.1, 0.15) is 47.8 Å². The number of nitrogens with one attached hydrogen (secondary N) is 1. The molecule has 2 aromatic carbocycles. The average Bonchev–Trinajstić information content (AvgIpc) is 3.48. The lowest BCUT2D eigenvalue weighted by atomic mass is 9.98. The molecule has 0 aliphatic rings. The number of carbonyl (C=O) groups is 1. The molecule has 4 rings (SSSR count). The third-order valence-corrected chi connectivity index (χ3v) is 5.43. The van der Waals surface area contributed by atoms with E-state index in [1.807, 2.05) is 35.8 Å². The Labute approximate surface area is 186 Å². The molecule has 8 heteroatoms. The van der Waals surface area contributed by atoms with Gasteiger partial charge in [-0.2, -0.15) is 5.21 Å². The van der Waals surface area contributed by atoms with E-state index in [9.17, 15) is 4.79 Å². The number of imidazole rings is 1. The zero-order chi connectivity index (χ0) is 22.5. The van der Waals surface area contributed by atoms with Gasteiger partial charge in [0.15, 0.2) is 5.69 Å². The van der Waals surface area contributed by atoms with Crippen LogP contribution in [0.25, 0.3) is 22.5 Å². The van der Waals surface area contributed by atoms with Crippen LogP contribution in [-0.2, 0) is 24.1 Å². The number of aromatic amines is 1. The van der Waals surface area contributed by atoms with Crippen molar-refractivity contribution in [2.75, 3.05) is 7.11 Å². The van der Waals surface area contributed by atoms with E-state index >= 15 is 0 Å². The fourth-order valence-electron chi connectivity index (χ4n) is 3.89. The fraction of sp³-hybridized carbons (Fsp3) is 0.292. The number of hydrogen-bond acceptors (Lipinski definition) is 6. The Morgan fingerprint density at radius 3 is 2.44 bits per heavy atom. The Bertz CT molecular complexity index is 1200. The van der Waals surface area contributed by atoms with Crippen LogP contribution in [0.15, 0.2) is 48.5 Å². The largest absolute Gasteiger partial charge is 0.464 e. The zero-order valence-corrected chi connectivity index (χ0v) is 18.5. The van der Waals surface area contributed by atoms with Crippen molar-refractivity contribution in [2.24, 2.45) is 0 Å². The molecule has 164 valence electrons. The van der Waals surface area contributed by atoms with E-state index < -0.39 is 0 Å². The van der Waals surface area contributed by atoms with E-state index in [1.54, 1.807) is 0 Å². The molecule has 2 aromatic heterocycles. The lowest BCUT2D eigenvalue weighted by Crippen LogP contribution is -2.15. The van der Waals surface area contributed by atoms with Gasteiger partial charge in [-0.3, -0.25) is 0 Å². The van der Waals surface area contributed by atoms with Crippen molar-refractivity contribution in [1.82, 2.24) is 30.2 Å². The molecule has 1 N–H and O–H groups in total. The minimum Gasteiger partial charge on any atom is -0.464 e. The summed E-state index contributed by atoms with van der Waals surface area (Å²) in [7, 11) is 1.41. The summed E-state index contributed by atoms with van der Waals surface area (Å²) >= 11 is 0. The minimum atomic E-state index is -0.345. The highest BCUT2D eigenvalue weighted by atomic mass is 16.5. The number of hydrogen-bond donors (Lipinski definition) is 1. The van der Waals surface area contributed by atoms with E-state index in [2.05, 4.69) is 51.8 Å². The highest BCUT2D eigenvalue weighted by Gasteiger charge is 2.22. The fourth-order valence-corrected chi connectivity index (χ4v) is 3.89. The second kappa shape index (κ2) is 9.55. The SMILES string of the molecule is CCCc1nc(CC)c(C(=O)OC)n1Cc1ccc(-c2ccccc2-c2nn[nH]n2)cc1. The van der Waals surface area contributed by atoms with Gasteiger partial charge in [0, 0.05) is 18.5 Å². The van der Waals surface area contributed by atoms with Crippen molar-refractivity contribution in [3.63, 3.8) is 0 Å². The van der Waals surface area contributed by atoms with Gasteiger partial charge in [-0.1, -0.05) is 62.4 Å². The number of ether oxygens (including phenoxy) is 1. The monoisotopic (exact) mass is 430 g/mol. The predicted molar refractivity (Wildman–Crippen MR) is 121 cm³/mol. The summed E-state index contributed by atoms with van der Waals surface area (Å²) in [4.78, 5) is 17.2. The number of esters is 1. The quantitative estimate of drug-likeness (QED) is 0.423. The first kappa shape index (κ1) is 21.4. The second-order valence-corrected chi connectivity index (χ2v) is 7.48. The molecule has 8 nitrogen and oxygen atoms in total. The number of carbonyl (C=O) groups excluding carboxylic acids is 1. The number of H-pyrrole nitrogens is 1. The highest BCUT2D eigenvalue weighted by Crippen LogP contribution is 2.30. The lowest BCUT2D eigenvalue weighted by molar-refractivity contribution is 0.0587. The van der Waals surface area contributed by atoms with Crippen LogP contribution in [-0.4, -0.2) is 43.3 Å². The molecular weight excluding hydrogens is 404 g/mol. The Balaban J connectivity index is 1.68. The number of rotatable bonds is 8. The molecule has 0 saturated heterocycles. The summed E-state index contributed by atoms with van der Waals surface area (Å²) in [6, 6.07) is 16.3. The van der Waals surface area contributed by atoms with Gasteiger partial charge in [0.05, 0.1) is 12.8 Å². The standard InChI is InChI=1S/C24H26N6O2/c1-4-8-21-25-20(5-2)22(24(31)32-3)30(21)15-16-11-13-17(14-12-16)18-9-6-7-10-19(18)23-26-28-29-27-23/h6-7,9-14H,4-5,8,15H2,1-3H3,(H,26,27,28,29). The van der Waals surface area contributed by atoms with E-state index in [0.717, 1.165) is 46.6 Å². The third-order valence-electron chi connectivity index (χ3n) is 5.43. The first-order chi connectivity index (χ1) is 15.7. The van der Waals surface area contributed by atoms with E-state index in [4.69, 9.17) is 9.72 Å². The molecule has 32 heavy (non-hydrogen) atoms. The predicted octanol–water partition coefficient (Wildman–Crippen LogP) is 4.08. The Morgan fingerprint density at radius 1 is 1.06 bits per heavy atom. The molecule has 4 aromatic rings. The van der Waals surface area contributed by atoms with Gasteiger partial charge in [-0.05, 0) is 34.7 Å². The maximum Gasteiger partial charge on any atom is 0.356 e. The molecule has 0 unspecified atom stereocenters. The van der Waals surface area contributed by atoms with Crippen molar-refractivity contribution in [3.8, 4) is 22.5 Å². The van der Waals surface area contributed by atoms with Crippen molar-refractivity contribution >= 4 is 5.97 Å². The summed E-state index contributed by atoms with van der Waals surface area (Å²) in [6.07, 6.45) is 2.44. The van der Waals surface area contributed by atoms with Crippen molar-refractivity contribution in [2.45, 2.75) is 39.7 Å². The number of aryl methyl sites for hydroxylation is 2. The summed E-state index contributed by atoms with van der Waals surface area (Å²) in [6.45, 7) is 4.67. The van der Waals surface area contributed by atoms with Gasteiger partial charge >= 0.3 is 5.97 Å². The van der Waals surface area contributed by atoms with Crippen LogP contribution in [0.5, 0.6) is 0 Å². The van der Waals surface area contributed by atoms with Gasteiger partial charge in [-0.25, -0.2) is 9.78 Å². The minimum absolute atomic E-state index is 0.345. The molecule has 0 amide bonds. The number of aromatic nitrogens is 6. The van der Waals surface area contributed by atoms with Crippen molar-refractivity contribution < 1.29 is 9.53 Å². The average molecular weight is 431 g/mol. The number of methoxy groups -OCH3 is 1. The highest BCUT2D eigenvalue weighted by molar-refractivity contribution is 5.89. The van der Waals surface area contributed by atoms with Gasteiger partial charge in [0.2, 0.25) is 5.82 Å². The van der Waals surface area contributed by atoms with Crippen LogP contribution in [0.2, 0.25) is 0 Å². The van der Waals surface area contributed by atoms with E-state index in [-0.39, 0.29) is 5.97 Å². The Kier molecular flexibility index (Phi) is 6.39. The molecule has 0 fully saturated rings. The molecule has 0 aliphatic carbocycles. The van der Waals surface area contributed by atoms with Gasteiger partial charge < -0.3 is 9.30 Å². The van der Waals surface area contributed by atoms with Crippen molar-refractivity contribution in [3.05, 3.63) is 71.3 Å². The Hall–Kier alpha value is -3.81. The molecule has 0 saturated carbocycles. The summed E-state index contributed by atoms with van der Waals surface area (Å²) in [5.41, 5.74) is 5.40. The van der Waals surface area contributed by atoms with Gasteiger partial charge in [-0.15, -0.1) is 10.2 Å². The summed E-state index contributed by atoms with van der Waals surface area (Å²) < 4.78 is 7.05. The molecule has 0 spiro atoms. The van der Waals surface area contributed by atoms with E-state index in [0.29, 0.717) is 24.5 Å². The molecular formula is C24H26N6O2. The molecule has 0 atom stereocenters. The van der Waals surface area contributed by atoms with Crippen LogP contribution >= 0.6 is 0 Å². The third kappa shape index (κ3) is 4.16. The normalized spacial score (nSPS) is 11.0. The van der Waals surface area contributed by atoms with Crippen molar-refractivity contribution in [1.29, 1.82) is 0 Å². The molecule has 2 heterocycles. The number of nitrogens with zero attached hydrogens (tertiary/aromatic N) is 5. The van der Waals surface area contributed by atoms with Gasteiger partial charge in [0.1, 0.15) is 5.82 Å². The van der Waals surface area contributed by atoms with Crippen LogP contribution in [0.3, 0.4) is 0 Å². The maximum atomic E-state index is 12.5. The number of tetrazole rings is 1. The first-order valence-electron chi connectivity index (χ1n) is 10.7. The summed E-state index contributed by atoms with van der Waals surface area (Å²) in [5.74, 6) is 1.13. The molecule has 0 radical (unpaired) electrons. The van der Waals surface area contributed by atoms with E-state index in [1.165, 1.54) is 7.11 Å². The molecule has 0 bridgehead atoms. The van der Waals surface area contributed by atoms with Crippen LogP contribution < -0.4 is 0 Å². The summed E-state index contributed by atoms with van der Waals surface area (Å²) in [5, 5.41) is 14.4. The smallest absolute Gasteiger partial charge is 0.356 e.